The smallest absolute Gasteiger partial charge is 0.166 e. The van der Waals surface area contributed by atoms with Gasteiger partial charge in [-0.25, -0.2) is 0 Å². The lowest BCUT2D eigenvalue weighted by Crippen LogP contribution is -2.00. The van der Waals surface area contributed by atoms with Crippen LogP contribution in [0.15, 0.2) is 53.0 Å². The van der Waals surface area contributed by atoms with Crippen molar-refractivity contribution in [2.75, 3.05) is 0 Å². The molecule has 1 nitrogen and oxygen atoms in total. The van der Waals surface area contributed by atoms with Crippen LogP contribution in [0.1, 0.15) is 30.1 Å². The van der Waals surface area contributed by atoms with E-state index in [4.69, 9.17) is 0 Å². The van der Waals surface area contributed by atoms with Gasteiger partial charge in [-0.1, -0.05) is 53.2 Å². The van der Waals surface area contributed by atoms with Gasteiger partial charge in [-0.3, -0.25) is 4.79 Å². The molecule has 2 aromatic rings. The Labute approximate surface area is 116 Å². The molecule has 2 rings (SSSR count). The van der Waals surface area contributed by atoms with E-state index >= 15 is 0 Å². The van der Waals surface area contributed by atoms with E-state index in [1.807, 2.05) is 37.3 Å². The maximum absolute atomic E-state index is 12.1. The van der Waals surface area contributed by atoms with Gasteiger partial charge < -0.3 is 0 Å². The highest BCUT2D eigenvalue weighted by Crippen LogP contribution is 2.22. The molecule has 0 unspecified atom stereocenters. The highest BCUT2D eigenvalue weighted by atomic mass is 79.9. The van der Waals surface area contributed by atoms with E-state index in [9.17, 15) is 4.79 Å². The summed E-state index contributed by atoms with van der Waals surface area (Å²) < 4.78 is 1.05. The molecule has 0 amide bonds. The third kappa shape index (κ3) is 2.88. The Morgan fingerprint density at radius 3 is 2.56 bits per heavy atom. The van der Waals surface area contributed by atoms with Crippen LogP contribution in [0.4, 0.5) is 0 Å². The number of Topliss-reactive ketones (excluding diaryl/α,β-unsaturated/α-hetero) is 1. The van der Waals surface area contributed by atoms with Crippen LogP contribution in [0.2, 0.25) is 0 Å². The second-order valence-electron chi connectivity index (χ2n) is 4.41. The van der Waals surface area contributed by atoms with Gasteiger partial charge in [0.15, 0.2) is 5.78 Å². The Bertz CT molecular complexity index is 614. The normalized spacial score (nSPS) is 10.6. The third-order valence-electron chi connectivity index (χ3n) is 3.03. The molecule has 0 aromatic heterocycles. The number of benzene rings is 2. The molecule has 0 fully saturated rings. The van der Waals surface area contributed by atoms with Crippen molar-refractivity contribution in [3.8, 4) is 0 Å². The van der Waals surface area contributed by atoms with Crippen molar-refractivity contribution in [1.82, 2.24) is 0 Å². The summed E-state index contributed by atoms with van der Waals surface area (Å²) in [6.45, 7) is 5.91. The largest absolute Gasteiger partial charge is 0.294 e. The molecule has 0 saturated heterocycles. The second kappa shape index (κ2) is 5.49. The van der Waals surface area contributed by atoms with Crippen molar-refractivity contribution in [3.63, 3.8) is 0 Å². The van der Waals surface area contributed by atoms with Crippen molar-refractivity contribution in [2.45, 2.75) is 19.8 Å². The molecule has 0 atom stereocenters. The van der Waals surface area contributed by atoms with Gasteiger partial charge in [0.05, 0.1) is 0 Å². The van der Waals surface area contributed by atoms with Crippen molar-refractivity contribution >= 4 is 32.5 Å². The van der Waals surface area contributed by atoms with Gasteiger partial charge in [0, 0.05) is 16.5 Å². The number of hydrogen-bond acceptors (Lipinski definition) is 1. The molecule has 0 heterocycles. The quantitative estimate of drug-likeness (QED) is 0.564. The van der Waals surface area contributed by atoms with E-state index in [1.165, 1.54) is 0 Å². The number of ketones is 1. The summed E-state index contributed by atoms with van der Waals surface area (Å²) in [6.07, 6.45) is 1.30. The maximum Gasteiger partial charge on any atom is 0.166 e. The zero-order valence-corrected chi connectivity index (χ0v) is 12.0. The Morgan fingerprint density at radius 2 is 1.83 bits per heavy atom. The molecule has 92 valence electrons. The fourth-order valence-electron chi connectivity index (χ4n) is 1.84. The number of carbonyl (C=O) groups is 1. The lowest BCUT2D eigenvalue weighted by atomic mass is 10.00. The topological polar surface area (TPSA) is 17.1 Å². The van der Waals surface area contributed by atoms with Crippen molar-refractivity contribution in [3.05, 3.63) is 58.6 Å². The van der Waals surface area contributed by atoms with Crippen LogP contribution in [0.25, 0.3) is 10.8 Å². The summed E-state index contributed by atoms with van der Waals surface area (Å²) in [6, 6.07) is 11.9. The van der Waals surface area contributed by atoms with Crippen molar-refractivity contribution < 1.29 is 4.79 Å². The molecule has 0 radical (unpaired) electrons. The molecular formula is C16H15BrO. The molecule has 0 saturated carbocycles. The van der Waals surface area contributed by atoms with Gasteiger partial charge in [-0.05, 0) is 35.4 Å². The van der Waals surface area contributed by atoms with Crippen LogP contribution in [0, 0.1) is 0 Å². The fourth-order valence-corrected chi connectivity index (χ4v) is 2.22. The number of fused-ring (bicyclic) bond motifs is 1. The maximum atomic E-state index is 12.1. The summed E-state index contributed by atoms with van der Waals surface area (Å²) in [5, 5.41) is 2.22. The Balaban J connectivity index is 2.32. The number of rotatable bonds is 4. The minimum Gasteiger partial charge on any atom is -0.294 e. The molecule has 0 aliphatic heterocycles. The predicted octanol–water partition coefficient (Wildman–Crippen LogP) is 5.14. The van der Waals surface area contributed by atoms with Gasteiger partial charge >= 0.3 is 0 Å². The number of carbonyl (C=O) groups excluding carboxylic acids is 1. The number of allylic oxidation sites excluding steroid dienone is 1. The Kier molecular flexibility index (Phi) is 3.97. The molecule has 2 aromatic carbocycles. The molecule has 0 aliphatic carbocycles. The highest BCUT2D eigenvalue weighted by Gasteiger charge is 2.07. The Morgan fingerprint density at radius 1 is 1.17 bits per heavy atom. The third-order valence-corrected chi connectivity index (χ3v) is 3.53. The minimum absolute atomic E-state index is 0.145. The van der Waals surface area contributed by atoms with Crippen molar-refractivity contribution in [2.24, 2.45) is 0 Å². The first-order chi connectivity index (χ1) is 8.60. The summed E-state index contributed by atoms with van der Waals surface area (Å²) in [5.41, 5.74) is 1.75. The summed E-state index contributed by atoms with van der Waals surface area (Å²) >= 11 is 3.44. The Hall–Kier alpha value is -1.41. The van der Waals surface area contributed by atoms with Crippen LogP contribution < -0.4 is 0 Å². The number of hydrogen-bond donors (Lipinski definition) is 0. The van der Waals surface area contributed by atoms with Crippen LogP contribution in [-0.4, -0.2) is 5.78 Å². The van der Waals surface area contributed by atoms with Gasteiger partial charge in [0.2, 0.25) is 0 Å². The molecule has 2 heteroatoms. The monoisotopic (exact) mass is 302 g/mol. The van der Waals surface area contributed by atoms with Gasteiger partial charge in [0.1, 0.15) is 0 Å². The van der Waals surface area contributed by atoms with Crippen LogP contribution >= 0.6 is 15.9 Å². The molecule has 0 bridgehead atoms. The lowest BCUT2D eigenvalue weighted by molar-refractivity contribution is 0.0992. The molecule has 0 N–H and O–H groups in total. The van der Waals surface area contributed by atoms with E-state index in [0.717, 1.165) is 32.8 Å². The van der Waals surface area contributed by atoms with Crippen LogP contribution in [-0.2, 0) is 0 Å². The molecule has 0 aliphatic rings. The minimum atomic E-state index is 0.145. The van der Waals surface area contributed by atoms with E-state index < -0.39 is 0 Å². The van der Waals surface area contributed by atoms with E-state index in [2.05, 4.69) is 28.6 Å². The van der Waals surface area contributed by atoms with Gasteiger partial charge in [0.25, 0.3) is 0 Å². The van der Waals surface area contributed by atoms with Crippen LogP contribution in [0.5, 0.6) is 0 Å². The van der Waals surface area contributed by atoms with Gasteiger partial charge in [-0.2, -0.15) is 0 Å². The average molecular weight is 303 g/mol. The van der Waals surface area contributed by atoms with Crippen molar-refractivity contribution in [1.29, 1.82) is 0 Å². The zero-order chi connectivity index (χ0) is 13.1. The first-order valence-electron chi connectivity index (χ1n) is 5.99. The van der Waals surface area contributed by atoms with Gasteiger partial charge in [-0.15, -0.1) is 0 Å². The zero-order valence-electron chi connectivity index (χ0n) is 10.4. The van der Waals surface area contributed by atoms with E-state index in [-0.39, 0.29) is 5.78 Å². The van der Waals surface area contributed by atoms with E-state index in [0.29, 0.717) is 6.42 Å². The predicted molar refractivity (Wildman–Crippen MR) is 80.0 cm³/mol. The summed E-state index contributed by atoms with van der Waals surface area (Å²) in [5.74, 6) is 0.145. The molecular weight excluding hydrogens is 288 g/mol. The molecule has 0 spiro atoms. The van der Waals surface area contributed by atoms with E-state index in [1.54, 1.807) is 0 Å². The van der Waals surface area contributed by atoms with Crippen LogP contribution in [0.3, 0.4) is 0 Å². The fraction of sp³-hybridized carbons (Fsp3) is 0.188. The summed E-state index contributed by atoms with van der Waals surface area (Å²) in [4.78, 5) is 12.1. The highest BCUT2D eigenvalue weighted by molar-refractivity contribution is 9.10. The molecule has 18 heavy (non-hydrogen) atoms. The average Bonchev–Trinajstić information content (AvgIpc) is 2.37. The standard InChI is InChI=1S/C16H15BrO/c1-3-11(2)8-16(18)14-5-4-13-10-15(17)7-6-12(13)9-14/h4-7,9-10H,2-3,8H2,1H3. The SMILES string of the molecule is C=C(CC)CC(=O)c1ccc2cc(Br)ccc2c1. The second-order valence-corrected chi connectivity index (χ2v) is 5.33. The lowest BCUT2D eigenvalue weighted by Gasteiger charge is -2.05. The number of halogens is 1. The summed E-state index contributed by atoms with van der Waals surface area (Å²) in [7, 11) is 0. The first kappa shape index (κ1) is 13.0. The first-order valence-corrected chi connectivity index (χ1v) is 6.78.